The molecule has 0 saturated heterocycles. The Kier molecular flexibility index (Phi) is 3.51. The van der Waals surface area contributed by atoms with E-state index in [1.54, 1.807) is 0 Å². The first kappa shape index (κ1) is 15.1. The van der Waals surface area contributed by atoms with Crippen LogP contribution in [0.25, 0.3) is 16.9 Å². The summed E-state index contributed by atoms with van der Waals surface area (Å²) in [6.45, 7) is 0. The Labute approximate surface area is 138 Å². The van der Waals surface area contributed by atoms with Gasteiger partial charge in [0.2, 0.25) is 0 Å². The molecule has 1 aromatic carbocycles. The number of fused-ring (bicyclic) bond motifs is 1. The van der Waals surface area contributed by atoms with E-state index in [9.17, 15) is 9.59 Å². The van der Waals surface area contributed by atoms with E-state index in [0.29, 0.717) is 5.02 Å². The van der Waals surface area contributed by atoms with Crippen LogP contribution in [-0.4, -0.2) is 24.1 Å². The van der Waals surface area contributed by atoms with Crippen LogP contribution in [0.1, 0.15) is 0 Å². The average molecular weight is 361 g/mol. The second-order valence-electron chi connectivity index (χ2n) is 4.59. The van der Waals surface area contributed by atoms with Crippen LogP contribution >= 0.6 is 34.8 Å². The average Bonchev–Trinajstić information content (AvgIpc) is 2.86. The van der Waals surface area contributed by atoms with E-state index < -0.39 is 11.2 Å². The smallest absolute Gasteiger partial charge is 0.278 e. The molecule has 10 heteroatoms. The lowest BCUT2D eigenvalue weighted by atomic mass is 10.3. The first-order valence-electron chi connectivity index (χ1n) is 5.99. The Morgan fingerprint density at radius 3 is 2.14 bits per heavy atom. The lowest BCUT2D eigenvalue weighted by Gasteiger charge is -2.05. The minimum Gasteiger partial charge on any atom is -0.278 e. The minimum atomic E-state index is -0.550. The highest BCUT2D eigenvalue weighted by molar-refractivity contribution is 6.40. The van der Waals surface area contributed by atoms with Crippen LogP contribution < -0.4 is 11.2 Å². The normalized spacial score (nSPS) is 11.3. The number of hydrogen-bond acceptors (Lipinski definition) is 4. The quantitative estimate of drug-likeness (QED) is 0.663. The van der Waals surface area contributed by atoms with Gasteiger partial charge >= 0.3 is 5.69 Å². The van der Waals surface area contributed by atoms with Crippen LogP contribution in [0.3, 0.4) is 0 Å². The fourth-order valence-electron chi connectivity index (χ4n) is 2.05. The Morgan fingerprint density at radius 2 is 1.55 bits per heavy atom. The van der Waals surface area contributed by atoms with Gasteiger partial charge in [-0.05, 0) is 12.1 Å². The molecule has 0 aliphatic heterocycles. The predicted octanol–water partition coefficient (Wildman–Crippen LogP) is 1.78. The van der Waals surface area contributed by atoms with Gasteiger partial charge in [-0.2, -0.15) is 0 Å². The number of rotatable bonds is 1. The molecule has 0 bridgehead atoms. The molecule has 0 amide bonds. The molecule has 22 heavy (non-hydrogen) atoms. The van der Waals surface area contributed by atoms with Gasteiger partial charge in [0.15, 0.2) is 11.2 Å². The van der Waals surface area contributed by atoms with Crippen molar-refractivity contribution in [3.05, 3.63) is 48.0 Å². The number of aryl methyl sites for hydroxylation is 1. The number of benzene rings is 1. The van der Waals surface area contributed by atoms with E-state index in [2.05, 4.69) is 10.2 Å². The van der Waals surface area contributed by atoms with Crippen LogP contribution in [0.5, 0.6) is 0 Å². The van der Waals surface area contributed by atoms with Crippen molar-refractivity contribution in [1.82, 2.24) is 24.1 Å². The zero-order valence-corrected chi connectivity index (χ0v) is 13.6. The summed E-state index contributed by atoms with van der Waals surface area (Å²) in [7, 11) is 2.86. The van der Waals surface area contributed by atoms with Crippen molar-refractivity contribution in [2.75, 3.05) is 0 Å². The van der Waals surface area contributed by atoms with Crippen LogP contribution in [-0.2, 0) is 14.1 Å². The summed E-state index contributed by atoms with van der Waals surface area (Å²) in [6, 6.07) is 2.96. The highest BCUT2D eigenvalue weighted by atomic mass is 35.5. The van der Waals surface area contributed by atoms with Gasteiger partial charge in [0.05, 0.1) is 10.0 Å². The molecular weight excluding hydrogens is 353 g/mol. The maximum absolute atomic E-state index is 12.1. The van der Waals surface area contributed by atoms with Crippen LogP contribution in [0.2, 0.25) is 15.1 Å². The summed E-state index contributed by atoms with van der Waals surface area (Å²) in [4.78, 5) is 25.1. The summed E-state index contributed by atoms with van der Waals surface area (Å²) in [5.41, 5.74) is -0.608. The molecular formula is C12H8Cl3N5O2. The molecule has 0 radical (unpaired) electrons. The molecule has 0 saturated carbocycles. The third-order valence-electron chi connectivity index (χ3n) is 3.18. The molecule has 0 unspecified atom stereocenters. The Balaban J connectivity index is 2.41. The fraction of sp³-hybridized carbons (Fsp3) is 0.167. The summed E-state index contributed by atoms with van der Waals surface area (Å²) in [5.74, 6) is 0. The van der Waals surface area contributed by atoms with Gasteiger partial charge < -0.3 is 0 Å². The predicted molar refractivity (Wildman–Crippen MR) is 84.4 cm³/mol. The molecule has 0 aliphatic rings. The van der Waals surface area contributed by atoms with Crippen molar-refractivity contribution >= 4 is 46.0 Å². The number of aromatic nitrogens is 5. The highest BCUT2D eigenvalue weighted by Gasteiger charge is 2.18. The van der Waals surface area contributed by atoms with E-state index in [4.69, 9.17) is 34.8 Å². The SMILES string of the molecule is Cn1c(=O)c2nn(-c3c(Cl)cc(Cl)cc3Cl)nc2n(C)c1=O. The lowest BCUT2D eigenvalue weighted by Crippen LogP contribution is -2.36. The van der Waals surface area contributed by atoms with Gasteiger partial charge in [-0.1, -0.05) is 34.8 Å². The van der Waals surface area contributed by atoms with Crippen molar-refractivity contribution in [1.29, 1.82) is 0 Å². The Hall–Kier alpha value is -1.83. The van der Waals surface area contributed by atoms with E-state index in [1.165, 1.54) is 30.8 Å². The van der Waals surface area contributed by atoms with Crippen molar-refractivity contribution in [3.8, 4) is 5.69 Å². The van der Waals surface area contributed by atoms with E-state index in [0.717, 1.165) is 9.36 Å². The first-order valence-corrected chi connectivity index (χ1v) is 7.12. The number of hydrogen-bond donors (Lipinski definition) is 0. The molecule has 2 heterocycles. The van der Waals surface area contributed by atoms with Gasteiger partial charge in [-0.15, -0.1) is 15.0 Å². The molecule has 0 fully saturated rings. The van der Waals surface area contributed by atoms with Crippen molar-refractivity contribution in [2.45, 2.75) is 0 Å². The molecule has 7 nitrogen and oxygen atoms in total. The van der Waals surface area contributed by atoms with Crippen LogP contribution in [0.15, 0.2) is 21.7 Å². The third kappa shape index (κ3) is 2.13. The summed E-state index contributed by atoms with van der Waals surface area (Å²) >= 11 is 18.1. The number of halogens is 3. The van der Waals surface area contributed by atoms with E-state index in [-0.39, 0.29) is 26.9 Å². The maximum atomic E-state index is 12.1. The zero-order chi connectivity index (χ0) is 16.2. The first-order chi connectivity index (χ1) is 10.3. The van der Waals surface area contributed by atoms with Crippen LogP contribution in [0.4, 0.5) is 0 Å². The topological polar surface area (TPSA) is 74.7 Å². The standard InChI is InChI=1S/C12H8Cl3N5O2/c1-18-10-8(11(21)19(2)12(18)22)16-20(17-10)9-6(14)3-5(13)4-7(9)15/h3-4H,1-2H3. The Morgan fingerprint density at radius 1 is 0.955 bits per heavy atom. The summed E-state index contributed by atoms with van der Waals surface area (Å²) in [6.07, 6.45) is 0. The van der Waals surface area contributed by atoms with Gasteiger partial charge in [-0.3, -0.25) is 13.9 Å². The second kappa shape index (κ2) is 5.12. The van der Waals surface area contributed by atoms with Gasteiger partial charge in [0.1, 0.15) is 5.69 Å². The molecule has 0 spiro atoms. The molecule has 3 aromatic rings. The maximum Gasteiger partial charge on any atom is 0.332 e. The van der Waals surface area contributed by atoms with Crippen molar-refractivity contribution in [2.24, 2.45) is 14.1 Å². The van der Waals surface area contributed by atoms with Gasteiger partial charge in [0, 0.05) is 19.1 Å². The van der Waals surface area contributed by atoms with E-state index >= 15 is 0 Å². The summed E-state index contributed by atoms with van der Waals surface area (Å²) < 4.78 is 2.17. The van der Waals surface area contributed by atoms with Crippen molar-refractivity contribution in [3.63, 3.8) is 0 Å². The molecule has 0 atom stereocenters. The van der Waals surface area contributed by atoms with Gasteiger partial charge in [0.25, 0.3) is 5.56 Å². The molecule has 0 aliphatic carbocycles. The lowest BCUT2D eigenvalue weighted by molar-refractivity contribution is 0.705. The van der Waals surface area contributed by atoms with E-state index in [1.807, 2.05) is 0 Å². The molecule has 0 N–H and O–H groups in total. The zero-order valence-electron chi connectivity index (χ0n) is 11.3. The molecule has 114 valence electrons. The highest BCUT2D eigenvalue weighted by Crippen LogP contribution is 2.31. The Bertz CT molecular complexity index is 1010. The fourth-order valence-corrected chi connectivity index (χ4v) is 3.02. The van der Waals surface area contributed by atoms with Crippen molar-refractivity contribution < 1.29 is 0 Å². The third-order valence-corrected chi connectivity index (χ3v) is 3.97. The minimum absolute atomic E-state index is 0.0340. The molecule has 2 aromatic heterocycles. The monoisotopic (exact) mass is 359 g/mol. The van der Waals surface area contributed by atoms with Gasteiger partial charge in [-0.25, -0.2) is 4.79 Å². The van der Waals surface area contributed by atoms with Crippen LogP contribution in [0, 0.1) is 0 Å². The summed E-state index contributed by atoms with van der Waals surface area (Å²) in [5, 5.41) is 9.04. The second-order valence-corrected chi connectivity index (χ2v) is 5.84. The molecule has 3 rings (SSSR count). The number of nitrogens with zero attached hydrogens (tertiary/aromatic N) is 5. The largest absolute Gasteiger partial charge is 0.332 e.